The molecule has 2 aromatic carbocycles. The Hall–Kier alpha value is -1.68. The number of likely N-dealkylation sites (tertiary alicyclic amines) is 1. The van der Waals surface area contributed by atoms with Crippen LogP contribution in [0.2, 0.25) is 0 Å². The lowest BCUT2D eigenvalue weighted by atomic mass is 9.74. The van der Waals surface area contributed by atoms with Crippen LogP contribution in [0.5, 0.6) is 0 Å². The molecule has 1 fully saturated rings. The fraction of sp³-hybridized carbons (Fsp3) is 0.520. The normalized spacial score (nSPS) is 18.1. The fourth-order valence-corrected chi connectivity index (χ4v) is 4.18. The Labute approximate surface area is 170 Å². The van der Waals surface area contributed by atoms with Crippen molar-refractivity contribution in [3.63, 3.8) is 0 Å². The summed E-state index contributed by atoms with van der Waals surface area (Å²) in [5.74, 6) is 0. The second kappa shape index (κ2) is 10.2. The Morgan fingerprint density at radius 3 is 2.29 bits per heavy atom. The van der Waals surface area contributed by atoms with Gasteiger partial charge in [0.15, 0.2) is 0 Å². The van der Waals surface area contributed by atoms with Gasteiger partial charge < -0.3 is 9.84 Å². The van der Waals surface area contributed by atoms with Gasteiger partial charge in [-0.25, -0.2) is 0 Å². The lowest BCUT2D eigenvalue weighted by Crippen LogP contribution is -2.42. The molecule has 0 saturated carbocycles. The molecule has 0 aromatic heterocycles. The molecule has 0 aliphatic carbocycles. The largest absolute Gasteiger partial charge is 0.389 e. The van der Waals surface area contributed by atoms with Gasteiger partial charge in [-0.05, 0) is 74.7 Å². The molecule has 152 valence electrons. The van der Waals surface area contributed by atoms with E-state index in [2.05, 4.69) is 54.3 Å². The number of hydrogen-bond acceptors (Lipinski definition) is 3. The number of aryl methyl sites for hydroxylation is 1. The maximum Gasteiger partial charge on any atom is 0.0761 e. The molecule has 1 saturated heterocycles. The van der Waals surface area contributed by atoms with E-state index in [1.165, 1.54) is 30.4 Å². The smallest absolute Gasteiger partial charge is 0.0761 e. The highest BCUT2D eigenvalue weighted by molar-refractivity contribution is 5.24. The van der Waals surface area contributed by atoms with E-state index in [1.807, 2.05) is 19.1 Å². The van der Waals surface area contributed by atoms with Gasteiger partial charge in [0, 0.05) is 13.2 Å². The number of aliphatic hydroxyl groups is 1. The molecule has 0 bridgehead atoms. The number of aliphatic hydroxyl groups excluding tert-OH is 1. The molecule has 1 N–H and O–H groups in total. The van der Waals surface area contributed by atoms with Gasteiger partial charge in [-0.15, -0.1) is 0 Å². The van der Waals surface area contributed by atoms with E-state index in [0.29, 0.717) is 5.41 Å². The van der Waals surface area contributed by atoms with E-state index in [4.69, 9.17) is 4.74 Å². The standard InChI is InChI=1S/C25H35NO2/c1-3-28-20-25(14-13-22-7-5-4-6-8-22)15-17-26(18-16-25)19-23-9-11-24(12-10-23)21(2)27/h4-12,21,27H,3,13-20H2,1-2H3. The van der Waals surface area contributed by atoms with E-state index >= 15 is 0 Å². The van der Waals surface area contributed by atoms with Crippen LogP contribution in [0.15, 0.2) is 54.6 Å². The topological polar surface area (TPSA) is 32.7 Å². The Bertz CT molecular complexity index is 688. The predicted octanol–water partition coefficient (Wildman–Crippen LogP) is 4.99. The van der Waals surface area contributed by atoms with Crippen LogP contribution >= 0.6 is 0 Å². The zero-order valence-corrected chi connectivity index (χ0v) is 17.4. The lowest BCUT2D eigenvalue weighted by molar-refractivity contribution is -0.00232. The molecule has 0 amide bonds. The van der Waals surface area contributed by atoms with Crippen LogP contribution in [0, 0.1) is 5.41 Å². The lowest BCUT2D eigenvalue weighted by Gasteiger charge is -2.42. The molecule has 2 aromatic rings. The Kier molecular flexibility index (Phi) is 7.66. The molecule has 1 atom stereocenters. The monoisotopic (exact) mass is 381 g/mol. The molecule has 1 aliphatic heterocycles. The van der Waals surface area contributed by atoms with Crippen molar-refractivity contribution in [2.45, 2.75) is 52.2 Å². The Morgan fingerprint density at radius 1 is 1.00 bits per heavy atom. The Morgan fingerprint density at radius 2 is 1.68 bits per heavy atom. The van der Waals surface area contributed by atoms with Gasteiger partial charge in [-0.1, -0.05) is 54.6 Å². The van der Waals surface area contributed by atoms with Crippen molar-refractivity contribution >= 4 is 0 Å². The molecular formula is C25H35NO2. The highest BCUT2D eigenvalue weighted by Crippen LogP contribution is 2.37. The van der Waals surface area contributed by atoms with Crippen LogP contribution in [0.3, 0.4) is 0 Å². The molecule has 3 rings (SSSR count). The number of nitrogens with zero attached hydrogens (tertiary/aromatic N) is 1. The maximum atomic E-state index is 9.68. The van der Waals surface area contributed by atoms with Crippen LogP contribution in [0.1, 0.15) is 55.9 Å². The minimum atomic E-state index is -0.396. The number of rotatable bonds is 9. The second-order valence-electron chi connectivity index (χ2n) is 8.32. The zero-order chi connectivity index (χ0) is 19.8. The van der Waals surface area contributed by atoms with Gasteiger partial charge in [0.2, 0.25) is 0 Å². The van der Waals surface area contributed by atoms with Gasteiger partial charge >= 0.3 is 0 Å². The van der Waals surface area contributed by atoms with Crippen LogP contribution in [-0.2, 0) is 17.7 Å². The van der Waals surface area contributed by atoms with Gasteiger partial charge in [0.25, 0.3) is 0 Å². The Balaban J connectivity index is 1.55. The number of piperidine rings is 1. The summed E-state index contributed by atoms with van der Waals surface area (Å²) in [5, 5.41) is 9.68. The third kappa shape index (κ3) is 5.91. The van der Waals surface area contributed by atoms with E-state index in [1.54, 1.807) is 0 Å². The van der Waals surface area contributed by atoms with Crippen LogP contribution in [0.25, 0.3) is 0 Å². The van der Waals surface area contributed by atoms with Gasteiger partial charge in [0.05, 0.1) is 12.7 Å². The van der Waals surface area contributed by atoms with Crippen molar-refractivity contribution < 1.29 is 9.84 Å². The number of ether oxygens (including phenoxy) is 1. The highest BCUT2D eigenvalue weighted by atomic mass is 16.5. The molecule has 28 heavy (non-hydrogen) atoms. The predicted molar refractivity (Wildman–Crippen MR) is 115 cm³/mol. The van der Waals surface area contributed by atoms with E-state index in [-0.39, 0.29) is 0 Å². The molecule has 1 aliphatic rings. The van der Waals surface area contributed by atoms with Gasteiger partial charge in [-0.2, -0.15) is 0 Å². The summed E-state index contributed by atoms with van der Waals surface area (Å²) in [5.41, 5.74) is 4.04. The molecule has 3 heteroatoms. The van der Waals surface area contributed by atoms with Crippen molar-refractivity contribution in [3.05, 3.63) is 71.3 Å². The average Bonchev–Trinajstić information content (AvgIpc) is 2.73. The number of hydrogen-bond donors (Lipinski definition) is 1. The van der Waals surface area contributed by atoms with Crippen LogP contribution in [-0.4, -0.2) is 36.3 Å². The summed E-state index contributed by atoms with van der Waals surface area (Å²) in [6.45, 7) is 8.83. The minimum Gasteiger partial charge on any atom is -0.389 e. The van der Waals surface area contributed by atoms with Crippen molar-refractivity contribution in [1.29, 1.82) is 0 Å². The molecule has 0 spiro atoms. The third-order valence-corrected chi connectivity index (χ3v) is 6.18. The van der Waals surface area contributed by atoms with E-state index < -0.39 is 6.10 Å². The van der Waals surface area contributed by atoms with Crippen molar-refractivity contribution in [2.75, 3.05) is 26.3 Å². The average molecular weight is 382 g/mol. The first-order valence-corrected chi connectivity index (χ1v) is 10.7. The van der Waals surface area contributed by atoms with Crippen molar-refractivity contribution in [1.82, 2.24) is 4.90 Å². The molecule has 0 radical (unpaired) electrons. The maximum absolute atomic E-state index is 9.68. The van der Waals surface area contributed by atoms with Gasteiger partial charge in [-0.3, -0.25) is 4.90 Å². The zero-order valence-electron chi connectivity index (χ0n) is 17.4. The third-order valence-electron chi connectivity index (χ3n) is 6.18. The first kappa shape index (κ1) is 21.0. The quantitative estimate of drug-likeness (QED) is 0.664. The summed E-state index contributed by atoms with van der Waals surface area (Å²) < 4.78 is 5.91. The van der Waals surface area contributed by atoms with E-state index in [0.717, 1.165) is 44.8 Å². The SMILES string of the molecule is CCOCC1(CCc2ccccc2)CCN(Cc2ccc(C(C)O)cc2)CC1. The second-order valence-corrected chi connectivity index (χ2v) is 8.32. The summed E-state index contributed by atoms with van der Waals surface area (Å²) >= 11 is 0. The summed E-state index contributed by atoms with van der Waals surface area (Å²) in [6.07, 6.45) is 4.34. The fourth-order valence-electron chi connectivity index (χ4n) is 4.18. The van der Waals surface area contributed by atoms with Crippen LogP contribution in [0.4, 0.5) is 0 Å². The van der Waals surface area contributed by atoms with Crippen molar-refractivity contribution in [2.24, 2.45) is 5.41 Å². The molecular weight excluding hydrogens is 346 g/mol. The van der Waals surface area contributed by atoms with Crippen LogP contribution < -0.4 is 0 Å². The molecule has 1 unspecified atom stereocenters. The first-order valence-electron chi connectivity index (χ1n) is 10.7. The minimum absolute atomic E-state index is 0.304. The van der Waals surface area contributed by atoms with Crippen molar-refractivity contribution in [3.8, 4) is 0 Å². The first-order chi connectivity index (χ1) is 13.6. The molecule has 3 nitrogen and oxygen atoms in total. The number of benzene rings is 2. The summed E-state index contributed by atoms with van der Waals surface area (Å²) in [7, 11) is 0. The summed E-state index contributed by atoms with van der Waals surface area (Å²) in [4.78, 5) is 2.56. The van der Waals surface area contributed by atoms with Gasteiger partial charge in [0.1, 0.15) is 0 Å². The summed E-state index contributed by atoms with van der Waals surface area (Å²) in [6, 6.07) is 19.2. The highest BCUT2D eigenvalue weighted by Gasteiger charge is 2.34. The van der Waals surface area contributed by atoms with E-state index in [9.17, 15) is 5.11 Å². The molecule has 1 heterocycles.